The molecule has 2 aromatic carbocycles. The highest BCUT2D eigenvalue weighted by molar-refractivity contribution is 7.89. The molecule has 0 aliphatic carbocycles. The van der Waals surface area contributed by atoms with Crippen molar-refractivity contribution in [1.29, 1.82) is 0 Å². The number of sulfonamides is 1. The Morgan fingerprint density at radius 1 is 1.09 bits per heavy atom. The van der Waals surface area contributed by atoms with E-state index in [1.54, 1.807) is 31.3 Å². The lowest BCUT2D eigenvalue weighted by molar-refractivity contribution is 0.102. The number of carbonyl (C=O) groups excluding carboxylic acids is 1. The highest BCUT2D eigenvalue weighted by Gasteiger charge is 2.23. The van der Waals surface area contributed by atoms with Gasteiger partial charge in [-0.15, -0.1) is 0 Å². The van der Waals surface area contributed by atoms with Crippen LogP contribution in [-0.2, 0) is 10.0 Å². The van der Waals surface area contributed by atoms with Gasteiger partial charge in [-0.25, -0.2) is 22.1 Å². The summed E-state index contributed by atoms with van der Waals surface area (Å²) in [7, 11) is -1.31. The normalized spacial score (nSPS) is 11.7. The standard InChI is InChI=1S/C24H22FN3O5S/c1-14-5-8-23(26-13-14)27-24(29)16-10-20-18(9-15(2)32-20)21(11-16)33-17-6-7-22(19(25)12-17)34(30,31)28(3)4/h5-13H,1-4H3,(H,26,27,29). The summed E-state index contributed by atoms with van der Waals surface area (Å²) in [6, 6.07) is 11.8. The number of anilines is 1. The molecular formula is C24H22FN3O5S. The van der Waals surface area contributed by atoms with Gasteiger partial charge in [-0.1, -0.05) is 6.07 Å². The Kier molecular flexibility index (Phi) is 6.11. The molecule has 10 heteroatoms. The number of benzene rings is 2. The van der Waals surface area contributed by atoms with Crippen LogP contribution in [0, 0.1) is 19.7 Å². The zero-order chi connectivity index (χ0) is 24.6. The van der Waals surface area contributed by atoms with Gasteiger partial charge in [0.15, 0.2) is 0 Å². The lowest BCUT2D eigenvalue weighted by atomic mass is 10.1. The number of hydrogen-bond acceptors (Lipinski definition) is 6. The Bertz CT molecular complexity index is 1500. The highest BCUT2D eigenvalue weighted by Crippen LogP contribution is 2.35. The molecular weight excluding hydrogens is 461 g/mol. The van der Waals surface area contributed by atoms with E-state index < -0.39 is 26.6 Å². The molecule has 0 aliphatic rings. The number of furan rings is 1. The molecule has 4 rings (SSSR count). The second-order valence-electron chi connectivity index (χ2n) is 7.90. The van der Waals surface area contributed by atoms with Crippen LogP contribution in [0.15, 0.2) is 64.0 Å². The predicted octanol–water partition coefficient (Wildman–Crippen LogP) is 4.88. The van der Waals surface area contributed by atoms with Gasteiger partial charge >= 0.3 is 0 Å². The minimum absolute atomic E-state index is 0.0631. The topological polar surface area (TPSA) is 102 Å². The number of halogens is 1. The van der Waals surface area contributed by atoms with Crippen molar-refractivity contribution in [1.82, 2.24) is 9.29 Å². The molecule has 0 atom stereocenters. The number of amides is 1. The molecule has 2 heterocycles. The average Bonchev–Trinajstić information content (AvgIpc) is 3.15. The van der Waals surface area contributed by atoms with Gasteiger partial charge in [0.25, 0.3) is 5.91 Å². The number of nitrogens with zero attached hydrogens (tertiary/aromatic N) is 2. The van der Waals surface area contributed by atoms with E-state index in [0.717, 1.165) is 22.0 Å². The quantitative estimate of drug-likeness (QED) is 0.420. The summed E-state index contributed by atoms with van der Waals surface area (Å²) in [6.07, 6.45) is 1.64. The third-order valence-corrected chi connectivity index (χ3v) is 6.88. The fourth-order valence-electron chi connectivity index (χ4n) is 3.26. The Hall–Kier alpha value is -3.76. The van der Waals surface area contributed by atoms with E-state index in [0.29, 0.717) is 22.5 Å². The van der Waals surface area contributed by atoms with Gasteiger partial charge < -0.3 is 14.5 Å². The first-order chi connectivity index (χ1) is 16.0. The smallest absolute Gasteiger partial charge is 0.257 e. The van der Waals surface area contributed by atoms with Crippen molar-refractivity contribution < 1.29 is 26.8 Å². The molecule has 1 amide bonds. The molecule has 0 unspecified atom stereocenters. The SMILES string of the molecule is Cc1ccc(NC(=O)c2cc(Oc3ccc(S(=O)(=O)N(C)C)c(F)c3)c3cc(C)oc3c2)nc1. The van der Waals surface area contributed by atoms with Crippen LogP contribution >= 0.6 is 0 Å². The molecule has 0 aliphatic heterocycles. The molecule has 4 aromatic rings. The average molecular weight is 484 g/mol. The van der Waals surface area contributed by atoms with E-state index in [4.69, 9.17) is 9.15 Å². The molecule has 0 spiro atoms. The Labute approximate surface area is 196 Å². The molecule has 8 nitrogen and oxygen atoms in total. The van der Waals surface area contributed by atoms with E-state index in [1.165, 1.54) is 26.2 Å². The van der Waals surface area contributed by atoms with Crippen molar-refractivity contribution in [3.8, 4) is 11.5 Å². The van der Waals surface area contributed by atoms with Crippen LogP contribution in [0.5, 0.6) is 11.5 Å². The minimum Gasteiger partial charge on any atom is -0.461 e. The zero-order valence-corrected chi connectivity index (χ0v) is 19.7. The summed E-state index contributed by atoms with van der Waals surface area (Å²) in [5, 5.41) is 3.29. The maximum atomic E-state index is 14.6. The van der Waals surface area contributed by atoms with Crippen LogP contribution in [0.4, 0.5) is 10.2 Å². The van der Waals surface area contributed by atoms with Gasteiger partial charge in [-0.2, -0.15) is 0 Å². The van der Waals surface area contributed by atoms with Crippen molar-refractivity contribution in [3.63, 3.8) is 0 Å². The number of aromatic nitrogens is 1. The first-order valence-electron chi connectivity index (χ1n) is 10.2. The van der Waals surface area contributed by atoms with Crippen molar-refractivity contribution in [2.45, 2.75) is 18.7 Å². The Morgan fingerprint density at radius 2 is 1.85 bits per heavy atom. The maximum Gasteiger partial charge on any atom is 0.257 e. The number of nitrogens with one attached hydrogen (secondary N) is 1. The summed E-state index contributed by atoms with van der Waals surface area (Å²) in [5.41, 5.74) is 1.61. The van der Waals surface area contributed by atoms with Crippen LogP contribution in [0.25, 0.3) is 11.0 Å². The van der Waals surface area contributed by atoms with Crippen LogP contribution < -0.4 is 10.1 Å². The van der Waals surface area contributed by atoms with Crippen molar-refractivity contribution in [2.75, 3.05) is 19.4 Å². The first kappa shape index (κ1) is 23.4. The van der Waals surface area contributed by atoms with Crippen LogP contribution in [0.1, 0.15) is 21.7 Å². The second-order valence-corrected chi connectivity index (χ2v) is 10.0. The lowest BCUT2D eigenvalue weighted by Gasteiger charge is -2.13. The van der Waals surface area contributed by atoms with Crippen molar-refractivity contribution in [2.24, 2.45) is 0 Å². The summed E-state index contributed by atoms with van der Waals surface area (Å²) in [4.78, 5) is 16.6. The zero-order valence-electron chi connectivity index (χ0n) is 18.9. The second kappa shape index (κ2) is 8.88. The number of pyridine rings is 1. The highest BCUT2D eigenvalue weighted by atomic mass is 32.2. The van der Waals surface area contributed by atoms with Crippen LogP contribution in [0.3, 0.4) is 0 Å². The maximum absolute atomic E-state index is 14.6. The summed E-state index contributed by atoms with van der Waals surface area (Å²) >= 11 is 0. The molecule has 0 bridgehead atoms. The molecule has 1 N–H and O–H groups in total. The summed E-state index contributed by atoms with van der Waals surface area (Å²) < 4.78 is 51.6. The monoisotopic (exact) mass is 483 g/mol. The Morgan fingerprint density at radius 3 is 2.50 bits per heavy atom. The third-order valence-electron chi connectivity index (χ3n) is 5.03. The molecule has 0 saturated heterocycles. The van der Waals surface area contributed by atoms with E-state index in [1.807, 2.05) is 13.0 Å². The fourth-order valence-corrected chi connectivity index (χ4v) is 4.20. The van der Waals surface area contributed by atoms with E-state index in [9.17, 15) is 17.6 Å². The first-order valence-corrected chi connectivity index (χ1v) is 11.7. The Balaban J connectivity index is 1.69. The van der Waals surface area contributed by atoms with Gasteiger partial charge in [0.05, 0.1) is 5.39 Å². The van der Waals surface area contributed by atoms with Crippen LogP contribution in [-0.4, -0.2) is 37.7 Å². The van der Waals surface area contributed by atoms with E-state index in [-0.39, 0.29) is 17.1 Å². The van der Waals surface area contributed by atoms with Gasteiger partial charge in [-0.3, -0.25) is 4.79 Å². The fraction of sp³-hybridized carbons (Fsp3) is 0.167. The number of rotatable bonds is 6. The van der Waals surface area contributed by atoms with Crippen LogP contribution in [0.2, 0.25) is 0 Å². The lowest BCUT2D eigenvalue weighted by Crippen LogP contribution is -2.23. The van der Waals surface area contributed by atoms with Crippen molar-refractivity contribution >= 4 is 32.7 Å². The van der Waals surface area contributed by atoms with E-state index >= 15 is 0 Å². The number of carbonyl (C=O) groups is 1. The minimum atomic E-state index is -3.95. The van der Waals surface area contributed by atoms with Crippen molar-refractivity contribution in [3.05, 3.63) is 77.4 Å². The van der Waals surface area contributed by atoms with Gasteiger partial charge in [0, 0.05) is 31.9 Å². The molecule has 34 heavy (non-hydrogen) atoms. The number of ether oxygens (including phenoxy) is 1. The van der Waals surface area contributed by atoms with Gasteiger partial charge in [0.2, 0.25) is 10.0 Å². The number of hydrogen-bond donors (Lipinski definition) is 1. The summed E-state index contributed by atoms with van der Waals surface area (Å²) in [5.74, 6) is -0.0993. The van der Waals surface area contributed by atoms with Gasteiger partial charge in [-0.05, 0) is 55.8 Å². The predicted molar refractivity (Wildman–Crippen MR) is 125 cm³/mol. The van der Waals surface area contributed by atoms with E-state index in [2.05, 4.69) is 10.3 Å². The molecule has 2 aromatic heterocycles. The largest absolute Gasteiger partial charge is 0.461 e. The third kappa shape index (κ3) is 4.63. The number of aryl methyl sites for hydroxylation is 2. The summed E-state index contributed by atoms with van der Waals surface area (Å²) in [6.45, 7) is 3.64. The number of fused-ring (bicyclic) bond motifs is 1. The molecule has 0 fully saturated rings. The molecule has 176 valence electrons. The van der Waals surface area contributed by atoms with Gasteiger partial charge in [0.1, 0.15) is 39.4 Å². The molecule has 0 saturated carbocycles. The molecule has 0 radical (unpaired) electrons.